The number of fused-ring (bicyclic) bond motifs is 1. The lowest BCUT2D eigenvalue weighted by Gasteiger charge is -2.29. The minimum atomic E-state index is 0.227. The highest BCUT2D eigenvalue weighted by atomic mass is 15.1. The molecule has 0 spiro atoms. The van der Waals surface area contributed by atoms with Gasteiger partial charge in [0, 0.05) is 13.1 Å². The first-order valence-corrected chi connectivity index (χ1v) is 5.82. The smallest absolute Gasteiger partial charge is 0.0672 e. The number of hydrogen-bond donors (Lipinski definition) is 0. The Morgan fingerprint density at radius 2 is 2.21 bits per heavy atom. The van der Waals surface area contributed by atoms with Crippen LogP contribution in [-0.2, 0) is 0 Å². The van der Waals surface area contributed by atoms with Gasteiger partial charge in [0.2, 0.25) is 0 Å². The number of likely N-dealkylation sites (tertiary alicyclic amines) is 1. The van der Waals surface area contributed by atoms with Crippen molar-refractivity contribution in [3.63, 3.8) is 0 Å². The number of rotatable bonds is 3. The summed E-state index contributed by atoms with van der Waals surface area (Å²) >= 11 is 0. The zero-order valence-corrected chi connectivity index (χ0v) is 9.24. The highest BCUT2D eigenvalue weighted by Gasteiger charge is 2.41. The van der Waals surface area contributed by atoms with Crippen LogP contribution in [0.25, 0.3) is 0 Å². The molecule has 0 N–H and O–H groups in total. The lowest BCUT2D eigenvalue weighted by molar-refractivity contribution is 0.187. The molecule has 1 aliphatic carbocycles. The maximum Gasteiger partial charge on any atom is 0.0672 e. The minimum absolute atomic E-state index is 0.227. The Hall–Kier alpha value is -0.550. The fourth-order valence-corrected chi connectivity index (χ4v) is 2.50. The maximum absolute atomic E-state index is 9.03. The molecule has 1 saturated heterocycles. The average molecular weight is 192 g/mol. The summed E-state index contributed by atoms with van der Waals surface area (Å²) in [6.45, 7) is 7.79. The van der Waals surface area contributed by atoms with E-state index in [9.17, 15) is 0 Å². The summed E-state index contributed by atoms with van der Waals surface area (Å²) in [7, 11) is 0. The van der Waals surface area contributed by atoms with Crippen LogP contribution in [0, 0.1) is 35.0 Å². The number of hydrogen-bond acceptors (Lipinski definition) is 2. The Kier molecular flexibility index (Phi) is 2.78. The van der Waals surface area contributed by atoms with Crippen molar-refractivity contribution >= 4 is 0 Å². The molecule has 2 heteroatoms. The van der Waals surface area contributed by atoms with Gasteiger partial charge < -0.3 is 4.90 Å². The van der Waals surface area contributed by atoms with Crippen molar-refractivity contribution in [1.29, 1.82) is 5.26 Å². The van der Waals surface area contributed by atoms with Crippen LogP contribution < -0.4 is 0 Å². The summed E-state index contributed by atoms with van der Waals surface area (Å²) in [5, 5.41) is 9.03. The summed E-state index contributed by atoms with van der Waals surface area (Å²) in [6.07, 6.45) is 2.83. The number of piperidine rings is 1. The minimum Gasteiger partial charge on any atom is -0.302 e. The Morgan fingerprint density at radius 3 is 2.79 bits per heavy atom. The van der Waals surface area contributed by atoms with Crippen LogP contribution in [0.15, 0.2) is 0 Å². The quantitative estimate of drug-likeness (QED) is 0.685. The van der Waals surface area contributed by atoms with Gasteiger partial charge in [0.15, 0.2) is 0 Å². The second-order valence-electron chi connectivity index (χ2n) is 5.28. The van der Waals surface area contributed by atoms with E-state index >= 15 is 0 Å². The third-order valence-corrected chi connectivity index (χ3v) is 3.80. The van der Waals surface area contributed by atoms with Crippen LogP contribution in [-0.4, -0.2) is 24.5 Å². The number of nitrogens with zero attached hydrogens (tertiary/aromatic N) is 2. The van der Waals surface area contributed by atoms with Crippen LogP contribution in [0.4, 0.5) is 0 Å². The molecular formula is C12H20N2. The predicted molar refractivity (Wildman–Crippen MR) is 56.6 cm³/mol. The van der Waals surface area contributed by atoms with Gasteiger partial charge >= 0.3 is 0 Å². The summed E-state index contributed by atoms with van der Waals surface area (Å²) < 4.78 is 0. The van der Waals surface area contributed by atoms with Gasteiger partial charge in [-0.1, -0.05) is 13.8 Å². The van der Waals surface area contributed by atoms with E-state index in [0.717, 1.165) is 18.4 Å². The molecule has 0 bridgehead atoms. The topological polar surface area (TPSA) is 27.0 Å². The highest BCUT2D eigenvalue weighted by Crippen LogP contribution is 2.44. The first-order chi connectivity index (χ1) is 6.70. The van der Waals surface area contributed by atoms with E-state index in [0.29, 0.717) is 5.92 Å². The van der Waals surface area contributed by atoms with Crippen LogP contribution in [0.3, 0.4) is 0 Å². The van der Waals surface area contributed by atoms with E-state index in [-0.39, 0.29) is 5.92 Å². The molecule has 2 aliphatic rings. The van der Waals surface area contributed by atoms with E-state index in [2.05, 4.69) is 24.8 Å². The molecule has 0 aromatic heterocycles. The summed E-state index contributed by atoms with van der Waals surface area (Å²) in [6, 6.07) is 2.44. The van der Waals surface area contributed by atoms with Crippen LogP contribution in [0.2, 0.25) is 0 Å². The Bertz CT molecular complexity index is 241. The largest absolute Gasteiger partial charge is 0.302 e. The monoisotopic (exact) mass is 192 g/mol. The second-order valence-corrected chi connectivity index (χ2v) is 5.28. The highest BCUT2D eigenvalue weighted by molar-refractivity contribution is 4.95. The standard InChI is InChI=1S/C12H20N2/c1-9(2)12(6-13)8-14-4-3-10-5-11(10)7-14/h9-12H,3-5,7-8H2,1-2H3. The fourth-order valence-electron chi connectivity index (χ4n) is 2.50. The van der Waals surface area contributed by atoms with Gasteiger partial charge in [0.25, 0.3) is 0 Å². The van der Waals surface area contributed by atoms with E-state index in [1.54, 1.807) is 0 Å². The lowest BCUT2D eigenvalue weighted by Crippen LogP contribution is -2.36. The fraction of sp³-hybridized carbons (Fsp3) is 0.917. The van der Waals surface area contributed by atoms with Gasteiger partial charge in [0.1, 0.15) is 0 Å². The molecule has 2 rings (SSSR count). The van der Waals surface area contributed by atoms with E-state index in [1.165, 1.54) is 25.9 Å². The summed E-state index contributed by atoms with van der Waals surface area (Å²) in [5.74, 6) is 2.75. The molecule has 14 heavy (non-hydrogen) atoms. The molecule has 78 valence electrons. The molecule has 3 atom stereocenters. The predicted octanol–water partition coefficient (Wildman–Crippen LogP) is 2.12. The van der Waals surface area contributed by atoms with Gasteiger partial charge in [-0.05, 0) is 37.1 Å². The first kappa shape index (κ1) is 9.98. The van der Waals surface area contributed by atoms with Crippen molar-refractivity contribution in [3.05, 3.63) is 0 Å². The van der Waals surface area contributed by atoms with Gasteiger partial charge in [0.05, 0.1) is 12.0 Å². The molecule has 1 aliphatic heterocycles. The zero-order chi connectivity index (χ0) is 10.1. The van der Waals surface area contributed by atoms with Crippen LogP contribution in [0.1, 0.15) is 26.7 Å². The van der Waals surface area contributed by atoms with E-state index in [1.807, 2.05) is 0 Å². The van der Waals surface area contributed by atoms with Gasteiger partial charge in [-0.15, -0.1) is 0 Å². The maximum atomic E-state index is 9.03. The van der Waals surface area contributed by atoms with Crippen molar-refractivity contribution in [2.75, 3.05) is 19.6 Å². The van der Waals surface area contributed by atoms with Gasteiger partial charge in [-0.25, -0.2) is 0 Å². The zero-order valence-electron chi connectivity index (χ0n) is 9.24. The average Bonchev–Trinajstić information content (AvgIpc) is 2.91. The van der Waals surface area contributed by atoms with Crippen LogP contribution in [0.5, 0.6) is 0 Å². The summed E-state index contributed by atoms with van der Waals surface area (Å²) in [4.78, 5) is 2.50. The first-order valence-electron chi connectivity index (χ1n) is 5.82. The third-order valence-electron chi connectivity index (χ3n) is 3.80. The summed E-state index contributed by atoms with van der Waals surface area (Å²) in [5.41, 5.74) is 0. The molecule has 0 aromatic carbocycles. The van der Waals surface area contributed by atoms with Gasteiger partial charge in [-0.3, -0.25) is 0 Å². The van der Waals surface area contributed by atoms with E-state index in [4.69, 9.17) is 5.26 Å². The molecule has 3 unspecified atom stereocenters. The third kappa shape index (κ3) is 2.09. The van der Waals surface area contributed by atoms with Crippen LogP contribution >= 0.6 is 0 Å². The lowest BCUT2D eigenvalue weighted by atomic mass is 9.96. The van der Waals surface area contributed by atoms with Crippen molar-refractivity contribution < 1.29 is 0 Å². The van der Waals surface area contributed by atoms with E-state index < -0.39 is 0 Å². The molecule has 2 fully saturated rings. The van der Waals surface area contributed by atoms with Crippen molar-refractivity contribution in [3.8, 4) is 6.07 Å². The number of nitriles is 1. The van der Waals surface area contributed by atoms with Gasteiger partial charge in [-0.2, -0.15) is 5.26 Å². The molecular weight excluding hydrogens is 172 g/mol. The van der Waals surface area contributed by atoms with Crippen molar-refractivity contribution in [2.24, 2.45) is 23.7 Å². The van der Waals surface area contributed by atoms with Crippen molar-refractivity contribution in [1.82, 2.24) is 4.90 Å². The SMILES string of the molecule is CC(C)C(C#N)CN1CCC2CC2C1. The Labute approximate surface area is 86.9 Å². The molecule has 1 heterocycles. The second kappa shape index (κ2) is 3.90. The molecule has 0 radical (unpaired) electrons. The Morgan fingerprint density at radius 1 is 1.43 bits per heavy atom. The molecule has 1 saturated carbocycles. The molecule has 2 nitrogen and oxygen atoms in total. The molecule has 0 aromatic rings. The van der Waals surface area contributed by atoms with Crippen molar-refractivity contribution in [2.45, 2.75) is 26.7 Å². The molecule has 0 amide bonds. The normalized spacial score (nSPS) is 33.6. The Balaban J connectivity index is 1.81.